The SMILES string of the molecule is CC1(C)CC(=O)c2c(nc3c(ccc4ccccc43)c2-c2ccc([N+](=O)[O-])cc2)C1. The number of nitro groups is 1. The Labute approximate surface area is 173 Å². The molecule has 1 aromatic heterocycles. The molecular weight excluding hydrogens is 376 g/mol. The molecule has 0 amide bonds. The van der Waals surface area contributed by atoms with E-state index in [-0.39, 0.29) is 16.9 Å². The largest absolute Gasteiger partial charge is 0.294 e. The Balaban J connectivity index is 1.89. The van der Waals surface area contributed by atoms with Crippen LogP contribution in [-0.4, -0.2) is 15.7 Å². The monoisotopic (exact) mass is 396 g/mol. The van der Waals surface area contributed by atoms with E-state index in [4.69, 9.17) is 4.98 Å². The first-order chi connectivity index (χ1) is 14.3. The topological polar surface area (TPSA) is 73.1 Å². The summed E-state index contributed by atoms with van der Waals surface area (Å²) < 4.78 is 0. The van der Waals surface area contributed by atoms with Crippen LogP contribution in [0.15, 0.2) is 60.7 Å². The maximum Gasteiger partial charge on any atom is 0.269 e. The lowest BCUT2D eigenvalue weighted by Gasteiger charge is -2.31. The molecule has 148 valence electrons. The van der Waals surface area contributed by atoms with Crippen LogP contribution in [0.1, 0.15) is 36.3 Å². The van der Waals surface area contributed by atoms with Gasteiger partial charge in [0.05, 0.1) is 16.1 Å². The first-order valence-corrected chi connectivity index (χ1v) is 9.96. The van der Waals surface area contributed by atoms with E-state index in [1.165, 1.54) is 12.1 Å². The molecule has 0 bridgehead atoms. The van der Waals surface area contributed by atoms with Gasteiger partial charge < -0.3 is 0 Å². The van der Waals surface area contributed by atoms with Crippen molar-refractivity contribution in [1.82, 2.24) is 4.98 Å². The fraction of sp³-hybridized carbons (Fsp3) is 0.200. The molecular formula is C25H20N2O3. The highest BCUT2D eigenvalue weighted by Gasteiger charge is 2.35. The van der Waals surface area contributed by atoms with E-state index in [2.05, 4.69) is 19.9 Å². The van der Waals surface area contributed by atoms with Crippen LogP contribution in [-0.2, 0) is 6.42 Å². The molecule has 5 nitrogen and oxygen atoms in total. The maximum atomic E-state index is 13.2. The number of Topliss-reactive ketones (excluding diaryl/α,β-unsaturated/α-hetero) is 1. The van der Waals surface area contributed by atoms with Gasteiger partial charge >= 0.3 is 0 Å². The van der Waals surface area contributed by atoms with Crippen LogP contribution < -0.4 is 0 Å². The number of carbonyl (C=O) groups excluding carboxylic acids is 1. The molecule has 0 atom stereocenters. The Morgan fingerprint density at radius 1 is 0.900 bits per heavy atom. The number of carbonyl (C=O) groups is 1. The Morgan fingerprint density at radius 3 is 2.37 bits per heavy atom. The summed E-state index contributed by atoms with van der Waals surface area (Å²) in [5.74, 6) is 0.0807. The van der Waals surface area contributed by atoms with Gasteiger partial charge in [0.25, 0.3) is 5.69 Å². The van der Waals surface area contributed by atoms with Crippen molar-refractivity contribution in [3.63, 3.8) is 0 Å². The normalized spacial score (nSPS) is 15.3. The third-order valence-electron chi connectivity index (χ3n) is 5.89. The zero-order chi connectivity index (χ0) is 21.0. The average Bonchev–Trinajstić information content (AvgIpc) is 2.71. The number of non-ortho nitro benzene ring substituents is 1. The minimum absolute atomic E-state index is 0.0314. The Kier molecular flexibility index (Phi) is 3.97. The van der Waals surface area contributed by atoms with Gasteiger partial charge in [0.2, 0.25) is 0 Å². The van der Waals surface area contributed by atoms with E-state index in [0.29, 0.717) is 18.4 Å². The summed E-state index contributed by atoms with van der Waals surface area (Å²) in [5, 5.41) is 14.1. The lowest BCUT2D eigenvalue weighted by atomic mass is 9.73. The fourth-order valence-corrected chi connectivity index (χ4v) is 4.56. The van der Waals surface area contributed by atoms with Gasteiger partial charge in [0, 0.05) is 40.5 Å². The zero-order valence-corrected chi connectivity index (χ0v) is 16.8. The van der Waals surface area contributed by atoms with Crippen molar-refractivity contribution < 1.29 is 9.72 Å². The molecule has 3 aromatic carbocycles. The van der Waals surface area contributed by atoms with Crippen molar-refractivity contribution in [3.8, 4) is 11.1 Å². The highest BCUT2D eigenvalue weighted by molar-refractivity contribution is 6.16. The predicted octanol–water partition coefficient (Wildman–Crippen LogP) is 6.12. The second kappa shape index (κ2) is 6.46. The Morgan fingerprint density at radius 2 is 1.63 bits per heavy atom. The van der Waals surface area contributed by atoms with Gasteiger partial charge in [-0.05, 0) is 34.9 Å². The molecule has 1 heterocycles. The van der Waals surface area contributed by atoms with Crippen molar-refractivity contribution >= 4 is 33.1 Å². The molecule has 0 saturated heterocycles. The molecule has 4 aromatic rings. The van der Waals surface area contributed by atoms with Gasteiger partial charge in [-0.15, -0.1) is 0 Å². The van der Waals surface area contributed by atoms with Crippen LogP contribution in [0.3, 0.4) is 0 Å². The summed E-state index contributed by atoms with van der Waals surface area (Å²) in [4.78, 5) is 28.9. The molecule has 0 aliphatic heterocycles. The molecule has 0 N–H and O–H groups in total. The molecule has 30 heavy (non-hydrogen) atoms. The van der Waals surface area contributed by atoms with Crippen molar-refractivity contribution in [2.45, 2.75) is 26.7 Å². The van der Waals surface area contributed by atoms with E-state index >= 15 is 0 Å². The maximum absolute atomic E-state index is 13.2. The van der Waals surface area contributed by atoms with Crippen molar-refractivity contribution in [2.75, 3.05) is 0 Å². The summed E-state index contributed by atoms with van der Waals surface area (Å²) >= 11 is 0. The minimum Gasteiger partial charge on any atom is -0.294 e. The van der Waals surface area contributed by atoms with E-state index in [1.807, 2.05) is 30.3 Å². The number of hydrogen-bond acceptors (Lipinski definition) is 4. The average molecular weight is 396 g/mol. The quantitative estimate of drug-likeness (QED) is 0.232. The second-order valence-electron chi connectivity index (χ2n) is 8.74. The number of hydrogen-bond donors (Lipinski definition) is 0. The van der Waals surface area contributed by atoms with Crippen LogP contribution in [0.4, 0.5) is 5.69 Å². The van der Waals surface area contributed by atoms with Crippen LogP contribution in [0.25, 0.3) is 32.8 Å². The smallest absolute Gasteiger partial charge is 0.269 e. The zero-order valence-electron chi connectivity index (χ0n) is 16.8. The van der Waals surface area contributed by atoms with E-state index in [0.717, 1.165) is 38.5 Å². The first kappa shape index (κ1) is 18.4. The number of nitrogens with zero attached hydrogens (tertiary/aromatic N) is 2. The molecule has 5 heteroatoms. The number of aromatic nitrogens is 1. The highest BCUT2D eigenvalue weighted by Crippen LogP contribution is 2.43. The van der Waals surface area contributed by atoms with Gasteiger partial charge in [0.15, 0.2) is 5.78 Å². The van der Waals surface area contributed by atoms with Crippen molar-refractivity contribution in [1.29, 1.82) is 0 Å². The van der Waals surface area contributed by atoms with Gasteiger partial charge in [-0.1, -0.05) is 50.2 Å². The number of rotatable bonds is 2. The Bertz CT molecular complexity index is 1350. The molecule has 0 fully saturated rings. The van der Waals surface area contributed by atoms with Gasteiger partial charge in [-0.25, -0.2) is 0 Å². The summed E-state index contributed by atoms with van der Waals surface area (Å²) in [7, 11) is 0. The standard InChI is InChI=1S/C25H20N2O3/c1-25(2)13-20-23(21(28)14-25)22(16-7-10-17(11-8-16)27(29)30)19-12-9-15-5-3-4-6-18(15)24(19)26-20/h3-12H,13-14H2,1-2H3. The van der Waals surface area contributed by atoms with Crippen LogP contribution in [0, 0.1) is 15.5 Å². The fourth-order valence-electron chi connectivity index (χ4n) is 4.56. The van der Waals surface area contributed by atoms with Crippen LogP contribution >= 0.6 is 0 Å². The molecule has 1 aliphatic carbocycles. The van der Waals surface area contributed by atoms with Gasteiger partial charge in [0.1, 0.15) is 0 Å². The lowest BCUT2D eigenvalue weighted by Crippen LogP contribution is -2.28. The van der Waals surface area contributed by atoms with E-state index < -0.39 is 4.92 Å². The summed E-state index contributed by atoms with van der Waals surface area (Å²) in [6.07, 6.45) is 1.17. The van der Waals surface area contributed by atoms with E-state index in [9.17, 15) is 14.9 Å². The van der Waals surface area contributed by atoms with Crippen LogP contribution in [0.5, 0.6) is 0 Å². The molecule has 0 radical (unpaired) electrons. The number of fused-ring (bicyclic) bond motifs is 4. The first-order valence-electron chi connectivity index (χ1n) is 9.96. The molecule has 0 spiro atoms. The van der Waals surface area contributed by atoms with Crippen molar-refractivity contribution in [2.24, 2.45) is 5.41 Å². The van der Waals surface area contributed by atoms with Crippen molar-refractivity contribution in [3.05, 3.63) is 82.0 Å². The number of nitro benzene ring substituents is 1. The molecule has 1 aliphatic rings. The third kappa shape index (κ3) is 2.86. The van der Waals surface area contributed by atoms with E-state index in [1.54, 1.807) is 12.1 Å². The molecule has 0 unspecified atom stereocenters. The summed E-state index contributed by atoms with van der Waals surface area (Å²) in [5.41, 5.74) is 3.85. The third-order valence-corrected chi connectivity index (χ3v) is 5.89. The molecule has 5 rings (SSSR count). The summed E-state index contributed by atoms with van der Waals surface area (Å²) in [6.45, 7) is 4.18. The van der Waals surface area contributed by atoms with Crippen LogP contribution in [0.2, 0.25) is 0 Å². The Hall–Kier alpha value is -3.60. The second-order valence-corrected chi connectivity index (χ2v) is 8.74. The lowest BCUT2D eigenvalue weighted by molar-refractivity contribution is -0.384. The molecule has 0 saturated carbocycles. The minimum atomic E-state index is -0.412. The number of pyridine rings is 1. The van der Waals surface area contributed by atoms with Gasteiger partial charge in [-0.3, -0.25) is 19.9 Å². The number of benzene rings is 3. The van der Waals surface area contributed by atoms with Gasteiger partial charge in [-0.2, -0.15) is 0 Å². The predicted molar refractivity (Wildman–Crippen MR) is 118 cm³/mol. The summed E-state index contributed by atoms with van der Waals surface area (Å²) in [6, 6.07) is 18.6. The number of ketones is 1. The highest BCUT2D eigenvalue weighted by atomic mass is 16.6.